The third-order valence-corrected chi connectivity index (χ3v) is 4.61. The van der Waals surface area contributed by atoms with E-state index in [9.17, 15) is 4.79 Å². The van der Waals surface area contributed by atoms with E-state index in [2.05, 4.69) is 34.5 Å². The van der Waals surface area contributed by atoms with Gasteiger partial charge in [-0.05, 0) is 48.8 Å². The van der Waals surface area contributed by atoms with Crippen molar-refractivity contribution in [1.82, 2.24) is 15.1 Å². The molecule has 3 rings (SSSR count). The summed E-state index contributed by atoms with van der Waals surface area (Å²) in [5.41, 5.74) is 3.90. The van der Waals surface area contributed by atoms with Gasteiger partial charge in [0.15, 0.2) is 0 Å². The molecule has 0 unspecified atom stereocenters. The van der Waals surface area contributed by atoms with E-state index in [1.54, 1.807) is 0 Å². The highest BCUT2D eigenvalue weighted by Crippen LogP contribution is 2.33. The zero-order chi connectivity index (χ0) is 15.4. The Kier molecular flexibility index (Phi) is 4.56. The fourth-order valence-electron chi connectivity index (χ4n) is 3.34. The Morgan fingerprint density at radius 2 is 2.27 bits per heavy atom. The van der Waals surface area contributed by atoms with Crippen LogP contribution in [0.2, 0.25) is 0 Å². The summed E-state index contributed by atoms with van der Waals surface area (Å²) in [6, 6.07) is 8.78. The maximum Gasteiger partial charge on any atom is 0.222 e. The summed E-state index contributed by atoms with van der Waals surface area (Å²) in [7, 11) is 1.95. The highest BCUT2D eigenvalue weighted by atomic mass is 16.2. The first-order chi connectivity index (χ1) is 10.8. The second kappa shape index (κ2) is 6.77. The van der Waals surface area contributed by atoms with Crippen molar-refractivity contribution in [2.75, 3.05) is 7.05 Å². The van der Waals surface area contributed by atoms with Gasteiger partial charge in [0, 0.05) is 19.7 Å². The highest BCUT2D eigenvalue weighted by Gasteiger charge is 2.25. The van der Waals surface area contributed by atoms with Gasteiger partial charge >= 0.3 is 0 Å². The molecule has 116 valence electrons. The molecule has 22 heavy (non-hydrogen) atoms. The van der Waals surface area contributed by atoms with E-state index in [-0.39, 0.29) is 11.9 Å². The number of hydrogen-bond acceptors (Lipinski definition) is 2. The summed E-state index contributed by atoms with van der Waals surface area (Å²) in [6.45, 7) is 0. The van der Waals surface area contributed by atoms with Crippen LogP contribution >= 0.6 is 0 Å². The van der Waals surface area contributed by atoms with E-state index in [0.29, 0.717) is 6.42 Å². The molecular weight excluding hydrogens is 274 g/mol. The van der Waals surface area contributed by atoms with Crippen molar-refractivity contribution in [2.45, 2.75) is 44.6 Å². The smallest absolute Gasteiger partial charge is 0.222 e. The number of nitrogens with one attached hydrogen (secondary N) is 1. The van der Waals surface area contributed by atoms with Crippen LogP contribution in [0.1, 0.15) is 48.4 Å². The van der Waals surface area contributed by atoms with Crippen LogP contribution in [0.15, 0.2) is 36.7 Å². The minimum Gasteiger partial charge on any atom is -0.339 e. The van der Waals surface area contributed by atoms with Crippen LogP contribution in [0.4, 0.5) is 0 Å². The summed E-state index contributed by atoms with van der Waals surface area (Å²) in [6.07, 6.45) is 9.45. The van der Waals surface area contributed by atoms with Gasteiger partial charge in [-0.3, -0.25) is 9.89 Å². The number of hydrogen-bond donors (Lipinski definition) is 1. The van der Waals surface area contributed by atoms with Gasteiger partial charge in [0.05, 0.1) is 12.2 Å². The second-order valence-electron chi connectivity index (χ2n) is 6.07. The van der Waals surface area contributed by atoms with Crippen LogP contribution in [0.3, 0.4) is 0 Å². The van der Waals surface area contributed by atoms with Crippen molar-refractivity contribution in [1.29, 1.82) is 0 Å². The molecule has 0 fully saturated rings. The van der Waals surface area contributed by atoms with Gasteiger partial charge in [-0.15, -0.1) is 0 Å². The van der Waals surface area contributed by atoms with Crippen LogP contribution in [-0.4, -0.2) is 28.1 Å². The van der Waals surface area contributed by atoms with Crippen LogP contribution < -0.4 is 0 Å². The van der Waals surface area contributed by atoms with Gasteiger partial charge in [-0.1, -0.05) is 24.3 Å². The number of carbonyl (C=O) groups is 1. The quantitative estimate of drug-likeness (QED) is 0.921. The van der Waals surface area contributed by atoms with Crippen LogP contribution in [-0.2, 0) is 17.6 Å². The Bertz CT molecular complexity index is 621. The Hall–Kier alpha value is -2.10. The van der Waals surface area contributed by atoms with Crippen molar-refractivity contribution in [3.05, 3.63) is 53.3 Å². The molecule has 1 aromatic carbocycles. The molecule has 1 amide bonds. The van der Waals surface area contributed by atoms with E-state index in [1.165, 1.54) is 16.7 Å². The van der Waals surface area contributed by atoms with Crippen molar-refractivity contribution >= 4 is 5.91 Å². The van der Waals surface area contributed by atoms with E-state index in [4.69, 9.17) is 0 Å². The number of amides is 1. The lowest BCUT2D eigenvalue weighted by atomic mass is 9.87. The molecule has 0 radical (unpaired) electrons. The Labute approximate surface area is 131 Å². The number of fused-ring (bicyclic) bond motifs is 1. The van der Waals surface area contributed by atoms with E-state index in [1.807, 2.05) is 24.3 Å². The summed E-state index contributed by atoms with van der Waals surface area (Å²) < 4.78 is 0. The first-order valence-electron chi connectivity index (χ1n) is 8.07. The van der Waals surface area contributed by atoms with Crippen LogP contribution in [0.5, 0.6) is 0 Å². The molecule has 0 spiro atoms. The number of benzene rings is 1. The van der Waals surface area contributed by atoms with Gasteiger partial charge in [-0.2, -0.15) is 5.10 Å². The maximum absolute atomic E-state index is 12.5. The van der Waals surface area contributed by atoms with Crippen molar-refractivity contribution < 1.29 is 4.79 Å². The predicted molar refractivity (Wildman–Crippen MR) is 86.4 cm³/mol. The largest absolute Gasteiger partial charge is 0.339 e. The van der Waals surface area contributed by atoms with Gasteiger partial charge < -0.3 is 4.90 Å². The SMILES string of the molecule is CN(C(=O)CCCc1cn[nH]c1)[C@H]1CCCc2ccccc21. The number of H-pyrrole nitrogens is 1. The number of aromatic nitrogens is 2. The zero-order valence-electron chi connectivity index (χ0n) is 13.1. The zero-order valence-corrected chi connectivity index (χ0v) is 13.1. The fraction of sp³-hybridized carbons (Fsp3) is 0.444. The Morgan fingerprint density at radius 1 is 1.41 bits per heavy atom. The topological polar surface area (TPSA) is 49.0 Å². The van der Waals surface area contributed by atoms with E-state index in [0.717, 1.165) is 32.1 Å². The van der Waals surface area contributed by atoms with Gasteiger partial charge in [0.2, 0.25) is 5.91 Å². The molecule has 0 saturated carbocycles. The summed E-state index contributed by atoms with van der Waals surface area (Å²) in [4.78, 5) is 14.4. The predicted octanol–water partition coefficient (Wildman–Crippen LogP) is 3.27. The average Bonchev–Trinajstić information content (AvgIpc) is 3.07. The standard InChI is InChI=1S/C18H23N3O/c1-21(18(22)11-4-6-14-12-19-20-13-14)17-10-5-8-15-7-2-3-9-16(15)17/h2-3,7,9,12-13,17H,4-6,8,10-11H2,1H3,(H,19,20)/t17-/m0/s1. The number of aryl methyl sites for hydroxylation is 2. The van der Waals surface area contributed by atoms with Crippen LogP contribution in [0.25, 0.3) is 0 Å². The number of rotatable bonds is 5. The molecule has 4 heteroatoms. The van der Waals surface area contributed by atoms with Gasteiger partial charge in [0.25, 0.3) is 0 Å². The first-order valence-corrected chi connectivity index (χ1v) is 8.07. The molecule has 1 aliphatic rings. The fourth-order valence-corrected chi connectivity index (χ4v) is 3.34. The lowest BCUT2D eigenvalue weighted by molar-refractivity contribution is -0.132. The number of carbonyl (C=O) groups excluding carboxylic acids is 1. The maximum atomic E-state index is 12.5. The molecule has 1 aliphatic carbocycles. The highest BCUT2D eigenvalue weighted by molar-refractivity contribution is 5.76. The van der Waals surface area contributed by atoms with Crippen LogP contribution in [0, 0.1) is 0 Å². The lowest BCUT2D eigenvalue weighted by Crippen LogP contribution is -2.33. The molecule has 1 heterocycles. The number of aromatic amines is 1. The van der Waals surface area contributed by atoms with Gasteiger partial charge in [-0.25, -0.2) is 0 Å². The Balaban J connectivity index is 1.59. The molecule has 4 nitrogen and oxygen atoms in total. The molecular formula is C18H23N3O. The summed E-state index contributed by atoms with van der Waals surface area (Å²) in [5, 5.41) is 6.74. The summed E-state index contributed by atoms with van der Waals surface area (Å²) >= 11 is 0. The average molecular weight is 297 g/mol. The lowest BCUT2D eigenvalue weighted by Gasteiger charge is -2.33. The second-order valence-corrected chi connectivity index (χ2v) is 6.07. The molecule has 0 aliphatic heterocycles. The third-order valence-electron chi connectivity index (χ3n) is 4.61. The van der Waals surface area contributed by atoms with Crippen molar-refractivity contribution in [3.63, 3.8) is 0 Å². The summed E-state index contributed by atoms with van der Waals surface area (Å²) in [5.74, 6) is 0.241. The molecule has 1 N–H and O–H groups in total. The molecule has 2 aromatic rings. The molecule has 1 aromatic heterocycles. The molecule has 0 bridgehead atoms. The monoisotopic (exact) mass is 297 g/mol. The normalized spacial score (nSPS) is 17.0. The van der Waals surface area contributed by atoms with E-state index < -0.39 is 0 Å². The third kappa shape index (κ3) is 3.21. The molecule has 1 atom stereocenters. The minimum absolute atomic E-state index is 0.241. The van der Waals surface area contributed by atoms with Crippen molar-refractivity contribution in [3.8, 4) is 0 Å². The van der Waals surface area contributed by atoms with E-state index >= 15 is 0 Å². The molecule has 0 saturated heterocycles. The van der Waals surface area contributed by atoms with Crippen molar-refractivity contribution in [2.24, 2.45) is 0 Å². The minimum atomic E-state index is 0.241. The van der Waals surface area contributed by atoms with Gasteiger partial charge in [0.1, 0.15) is 0 Å². The number of nitrogens with zero attached hydrogens (tertiary/aromatic N) is 2. The first kappa shape index (κ1) is 14.8. The Morgan fingerprint density at radius 3 is 3.09 bits per heavy atom.